The van der Waals surface area contributed by atoms with Crippen molar-refractivity contribution in [3.63, 3.8) is 0 Å². The van der Waals surface area contributed by atoms with Crippen LogP contribution in [0.15, 0.2) is 53.9 Å². The molecule has 0 saturated carbocycles. The van der Waals surface area contributed by atoms with Crippen LogP contribution in [0.3, 0.4) is 0 Å². The molecule has 1 heterocycles. The molecule has 3 aromatic rings. The summed E-state index contributed by atoms with van der Waals surface area (Å²) in [5.41, 5.74) is 0.915. The third kappa shape index (κ3) is 4.58. The average Bonchev–Trinajstić information content (AvgIpc) is 3.16. The number of nitrogens with zero attached hydrogens (tertiary/aromatic N) is 1. The van der Waals surface area contributed by atoms with Crippen LogP contribution in [0.25, 0.3) is 10.6 Å². The minimum Gasteiger partial charge on any atom is -0.387 e. The van der Waals surface area contributed by atoms with Crippen LogP contribution in [-0.2, 0) is 6.18 Å². The number of aliphatic hydroxyl groups is 1. The molecule has 2 N–H and O–H groups in total. The summed E-state index contributed by atoms with van der Waals surface area (Å²) in [7, 11) is 0. The zero-order valence-electron chi connectivity index (χ0n) is 14.8. The van der Waals surface area contributed by atoms with Crippen LogP contribution in [-0.4, -0.2) is 22.5 Å². The first-order valence-corrected chi connectivity index (χ1v) is 9.28. The van der Waals surface area contributed by atoms with Crippen molar-refractivity contribution in [1.29, 1.82) is 0 Å². The van der Waals surface area contributed by atoms with Crippen molar-refractivity contribution < 1.29 is 23.1 Å². The van der Waals surface area contributed by atoms with E-state index in [0.717, 1.165) is 17.2 Å². The molecular formula is C20H17F3N2O2S. The second-order valence-corrected chi connectivity index (χ2v) is 7.07. The van der Waals surface area contributed by atoms with Crippen molar-refractivity contribution in [2.75, 3.05) is 6.54 Å². The van der Waals surface area contributed by atoms with E-state index in [0.29, 0.717) is 5.01 Å². The highest BCUT2D eigenvalue weighted by molar-refractivity contribution is 7.13. The number of aromatic nitrogens is 1. The van der Waals surface area contributed by atoms with Gasteiger partial charge in [-0.2, -0.15) is 13.2 Å². The van der Waals surface area contributed by atoms with Gasteiger partial charge in [0.1, 0.15) is 10.7 Å². The van der Waals surface area contributed by atoms with Gasteiger partial charge in [-0.15, -0.1) is 11.3 Å². The second-order valence-electron chi connectivity index (χ2n) is 6.21. The van der Waals surface area contributed by atoms with E-state index in [9.17, 15) is 23.1 Å². The number of aliphatic hydroxyl groups excluding tert-OH is 1. The third-order valence-electron chi connectivity index (χ3n) is 4.12. The number of carbonyl (C=O) groups excluding carboxylic acids is 1. The van der Waals surface area contributed by atoms with Crippen molar-refractivity contribution in [2.24, 2.45) is 0 Å². The molecule has 2 aromatic carbocycles. The maximum atomic E-state index is 13.1. The zero-order valence-corrected chi connectivity index (χ0v) is 15.6. The smallest absolute Gasteiger partial charge is 0.387 e. The highest BCUT2D eigenvalue weighted by Crippen LogP contribution is 2.34. The second kappa shape index (κ2) is 8.12. The largest absolute Gasteiger partial charge is 0.416 e. The number of halogens is 3. The summed E-state index contributed by atoms with van der Waals surface area (Å²) in [5.74, 6) is -0.557. The molecule has 0 fully saturated rings. The fourth-order valence-corrected chi connectivity index (χ4v) is 3.45. The Morgan fingerprint density at radius 3 is 2.54 bits per heavy atom. The number of hydrogen-bond donors (Lipinski definition) is 2. The quantitative estimate of drug-likeness (QED) is 0.651. The molecular weight excluding hydrogens is 389 g/mol. The molecule has 146 valence electrons. The van der Waals surface area contributed by atoms with Gasteiger partial charge < -0.3 is 10.4 Å². The van der Waals surface area contributed by atoms with Gasteiger partial charge in [0, 0.05) is 17.5 Å². The van der Waals surface area contributed by atoms with Crippen molar-refractivity contribution in [2.45, 2.75) is 19.2 Å². The zero-order chi connectivity index (χ0) is 20.3. The highest BCUT2D eigenvalue weighted by Gasteiger charge is 2.34. The molecule has 1 aromatic heterocycles. The molecule has 0 aliphatic carbocycles. The van der Waals surface area contributed by atoms with E-state index < -0.39 is 23.8 Å². The molecule has 0 aliphatic rings. The summed E-state index contributed by atoms with van der Waals surface area (Å²) in [6.45, 7) is 1.61. The lowest BCUT2D eigenvalue weighted by atomic mass is 10.0. The fraction of sp³-hybridized carbons (Fsp3) is 0.200. The van der Waals surface area contributed by atoms with Gasteiger partial charge in [-0.1, -0.05) is 48.0 Å². The van der Waals surface area contributed by atoms with E-state index >= 15 is 0 Å². The Hall–Kier alpha value is -2.71. The number of rotatable bonds is 5. The number of thiazole rings is 1. The monoisotopic (exact) mass is 406 g/mol. The molecule has 28 heavy (non-hydrogen) atoms. The van der Waals surface area contributed by atoms with Crippen LogP contribution in [0, 0.1) is 6.92 Å². The SMILES string of the molecule is Cc1ccc(-c2nc(C(=O)NCC(O)c3ccccc3C(F)(F)F)cs2)cc1. The first kappa shape index (κ1) is 20.0. The number of alkyl halides is 3. The molecule has 0 saturated heterocycles. The number of hydrogen-bond acceptors (Lipinski definition) is 4. The van der Waals surface area contributed by atoms with E-state index in [1.54, 1.807) is 5.38 Å². The molecule has 4 nitrogen and oxygen atoms in total. The Bertz CT molecular complexity index is 968. The van der Waals surface area contributed by atoms with Gasteiger partial charge in [-0.05, 0) is 18.6 Å². The van der Waals surface area contributed by atoms with Gasteiger partial charge in [0.05, 0.1) is 11.7 Å². The summed E-state index contributed by atoms with van der Waals surface area (Å²) in [6.07, 6.45) is -6.07. The lowest BCUT2D eigenvalue weighted by Crippen LogP contribution is -2.29. The molecule has 0 aliphatic heterocycles. The van der Waals surface area contributed by atoms with Crippen LogP contribution in [0.1, 0.15) is 33.3 Å². The van der Waals surface area contributed by atoms with Crippen LogP contribution < -0.4 is 5.32 Å². The Morgan fingerprint density at radius 2 is 1.86 bits per heavy atom. The van der Waals surface area contributed by atoms with Crippen molar-refractivity contribution in [3.05, 3.63) is 76.3 Å². The summed E-state index contributed by atoms with van der Waals surface area (Å²) >= 11 is 1.29. The molecule has 0 radical (unpaired) electrons. The van der Waals surface area contributed by atoms with E-state index in [2.05, 4.69) is 10.3 Å². The van der Waals surface area contributed by atoms with Crippen LogP contribution in [0.4, 0.5) is 13.2 Å². The Morgan fingerprint density at radius 1 is 1.18 bits per heavy atom. The summed E-state index contributed by atoms with van der Waals surface area (Å²) < 4.78 is 39.2. The van der Waals surface area contributed by atoms with Gasteiger partial charge in [0.15, 0.2) is 0 Å². The molecule has 1 amide bonds. The number of aryl methyl sites for hydroxylation is 1. The number of nitrogens with one attached hydrogen (secondary N) is 1. The van der Waals surface area contributed by atoms with Crippen molar-refractivity contribution >= 4 is 17.2 Å². The minimum atomic E-state index is -4.58. The Labute approximate surface area is 163 Å². The first-order valence-electron chi connectivity index (χ1n) is 8.40. The molecule has 1 atom stereocenters. The van der Waals surface area contributed by atoms with E-state index in [1.165, 1.54) is 29.5 Å². The minimum absolute atomic E-state index is 0.150. The maximum absolute atomic E-state index is 13.1. The van der Waals surface area contributed by atoms with E-state index in [1.807, 2.05) is 31.2 Å². The predicted octanol–water partition coefficient (Wildman–Crippen LogP) is 4.60. The van der Waals surface area contributed by atoms with Crippen LogP contribution in [0.5, 0.6) is 0 Å². The average molecular weight is 406 g/mol. The summed E-state index contributed by atoms with van der Waals surface area (Å²) in [6, 6.07) is 12.4. The third-order valence-corrected chi connectivity index (χ3v) is 5.01. The van der Waals surface area contributed by atoms with Gasteiger partial charge in [0.2, 0.25) is 0 Å². The molecule has 1 unspecified atom stereocenters. The van der Waals surface area contributed by atoms with Gasteiger partial charge in [-0.3, -0.25) is 4.79 Å². The van der Waals surface area contributed by atoms with Gasteiger partial charge in [0.25, 0.3) is 5.91 Å². The van der Waals surface area contributed by atoms with Crippen molar-refractivity contribution in [1.82, 2.24) is 10.3 Å². The molecule has 8 heteroatoms. The normalized spacial score (nSPS) is 12.6. The maximum Gasteiger partial charge on any atom is 0.416 e. The number of carbonyl (C=O) groups is 1. The van der Waals surface area contributed by atoms with Gasteiger partial charge >= 0.3 is 6.18 Å². The first-order chi connectivity index (χ1) is 13.3. The number of benzene rings is 2. The Kier molecular flexibility index (Phi) is 5.81. The van der Waals surface area contributed by atoms with Crippen LogP contribution >= 0.6 is 11.3 Å². The Balaban J connectivity index is 1.67. The van der Waals surface area contributed by atoms with Crippen molar-refractivity contribution in [3.8, 4) is 10.6 Å². The highest BCUT2D eigenvalue weighted by atomic mass is 32.1. The topological polar surface area (TPSA) is 62.2 Å². The molecule has 0 bridgehead atoms. The summed E-state index contributed by atoms with van der Waals surface area (Å²) in [5, 5.41) is 14.8. The standard InChI is InChI=1S/C20H17F3N2O2S/c1-12-6-8-13(9-7-12)19-25-16(11-28-19)18(27)24-10-17(26)14-4-2-3-5-15(14)20(21,22)23/h2-9,11,17,26H,10H2,1H3,(H,24,27). The number of amides is 1. The lowest BCUT2D eigenvalue weighted by Gasteiger charge is -2.17. The predicted molar refractivity (Wildman–Crippen MR) is 101 cm³/mol. The lowest BCUT2D eigenvalue weighted by molar-refractivity contribution is -0.139. The van der Waals surface area contributed by atoms with Gasteiger partial charge in [-0.25, -0.2) is 4.98 Å². The van der Waals surface area contributed by atoms with Crippen LogP contribution in [0.2, 0.25) is 0 Å². The van der Waals surface area contributed by atoms with E-state index in [4.69, 9.17) is 0 Å². The summed E-state index contributed by atoms with van der Waals surface area (Å²) in [4.78, 5) is 16.5. The van der Waals surface area contributed by atoms with E-state index in [-0.39, 0.29) is 17.8 Å². The molecule has 0 spiro atoms. The fourth-order valence-electron chi connectivity index (χ4n) is 2.64. The molecule has 3 rings (SSSR count).